The van der Waals surface area contributed by atoms with Gasteiger partial charge in [-0.1, -0.05) is 0 Å². The standard InChI is InChI=1S/CH7NO3SSi/c1-7-5-6(2,3)4/h7H2,1H3,(H2,2,3,4). The zero-order chi connectivity index (χ0) is 5.91. The average molecular weight is 141 g/mol. The van der Waals surface area contributed by atoms with Crippen molar-refractivity contribution in [2.75, 3.05) is 0 Å². The second-order valence-corrected chi connectivity index (χ2v) is 3.41. The lowest BCUT2D eigenvalue weighted by Crippen LogP contribution is -2.16. The Hall–Kier alpha value is 0.0869. The van der Waals surface area contributed by atoms with Crippen LogP contribution in [0, 0.1) is 0 Å². The van der Waals surface area contributed by atoms with E-state index in [0.29, 0.717) is 0 Å². The van der Waals surface area contributed by atoms with E-state index in [2.05, 4.69) is 9.01 Å². The van der Waals surface area contributed by atoms with E-state index in [1.54, 1.807) is 6.55 Å². The summed E-state index contributed by atoms with van der Waals surface area (Å²) in [6.45, 7) is 1.68. The summed E-state index contributed by atoms with van der Waals surface area (Å²) in [6, 6.07) is 0. The molecule has 0 rings (SSSR count). The molecule has 7 heavy (non-hydrogen) atoms. The lowest BCUT2D eigenvalue weighted by molar-refractivity contribution is 0.504. The number of hydrogen-bond acceptors (Lipinski definition) is 3. The Morgan fingerprint density at radius 3 is 2.14 bits per heavy atom. The molecule has 0 heterocycles. The molecule has 0 fully saturated rings. The summed E-state index contributed by atoms with van der Waals surface area (Å²) in [5.74, 6) is 0. The molecule has 0 saturated heterocycles. The molecule has 44 valence electrons. The van der Waals surface area contributed by atoms with Gasteiger partial charge in [0.1, 0.15) is 0 Å². The molecule has 0 aliphatic carbocycles. The van der Waals surface area contributed by atoms with Crippen LogP contribution in [0.5, 0.6) is 0 Å². The van der Waals surface area contributed by atoms with Crippen molar-refractivity contribution in [3.8, 4) is 0 Å². The van der Waals surface area contributed by atoms with E-state index in [9.17, 15) is 8.42 Å². The van der Waals surface area contributed by atoms with E-state index >= 15 is 0 Å². The van der Waals surface area contributed by atoms with Crippen LogP contribution in [0.25, 0.3) is 0 Å². The third kappa shape index (κ3) is 6.09. The highest BCUT2D eigenvalue weighted by Gasteiger charge is 1.95. The quantitative estimate of drug-likeness (QED) is 0.468. The Labute approximate surface area is 44.9 Å². The first-order valence-corrected chi connectivity index (χ1v) is 5.19. The molecular formula is CH7NO3SSi. The molecule has 0 aliphatic rings. The van der Waals surface area contributed by atoms with E-state index in [-0.39, 0.29) is 0 Å². The zero-order valence-electron chi connectivity index (χ0n) is 3.92. The van der Waals surface area contributed by atoms with Crippen molar-refractivity contribution >= 4 is 20.1 Å². The van der Waals surface area contributed by atoms with Gasteiger partial charge in [-0.15, -0.1) is 0 Å². The van der Waals surface area contributed by atoms with Gasteiger partial charge in [-0.25, -0.2) is 5.14 Å². The van der Waals surface area contributed by atoms with Gasteiger partial charge < -0.3 is 3.87 Å². The van der Waals surface area contributed by atoms with Gasteiger partial charge in [0.25, 0.3) is 0 Å². The highest BCUT2D eigenvalue weighted by atomic mass is 32.2. The Morgan fingerprint density at radius 2 is 2.14 bits per heavy atom. The summed E-state index contributed by atoms with van der Waals surface area (Å²) < 4.78 is 23.8. The Morgan fingerprint density at radius 1 is 1.71 bits per heavy atom. The number of hydrogen-bond donors (Lipinski definition) is 1. The fraction of sp³-hybridized carbons (Fsp3) is 1.00. The van der Waals surface area contributed by atoms with Crippen molar-refractivity contribution in [2.45, 2.75) is 6.55 Å². The molecule has 0 unspecified atom stereocenters. The van der Waals surface area contributed by atoms with E-state index in [1.807, 2.05) is 0 Å². The molecule has 4 nitrogen and oxygen atoms in total. The first-order valence-electron chi connectivity index (χ1n) is 1.73. The van der Waals surface area contributed by atoms with Crippen LogP contribution in [0.4, 0.5) is 0 Å². The molecule has 0 aromatic rings. The minimum absolute atomic E-state index is 0.903. The molecule has 0 spiro atoms. The maximum Gasteiger partial charge on any atom is 0.322 e. The molecule has 0 aliphatic heterocycles. The maximum absolute atomic E-state index is 9.82. The SMILES string of the molecule is C[SiH2]OS(N)(=O)=O. The first-order chi connectivity index (χ1) is 3.06. The van der Waals surface area contributed by atoms with E-state index in [0.717, 1.165) is 0 Å². The van der Waals surface area contributed by atoms with Gasteiger partial charge in [0, 0.05) is 0 Å². The normalized spacial score (nSPS) is 13.4. The molecule has 0 bridgehead atoms. The summed E-state index contributed by atoms with van der Waals surface area (Å²) in [6.07, 6.45) is 0. The van der Waals surface area contributed by atoms with Crippen LogP contribution in [-0.2, 0) is 14.2 Å². The molecule has 0 saturated carbocycles. The summed E-state index contributed by atoms with van der Waals surface area (Å²) in [5.41, 5.74) is 0. The second kappa shape index (κ2) is 2.41. The van der Waals surface area contributed by atoms with Gasteiger partial charge in [-0.3, -0.25) is 0 Å². The van der Waals surface area contributed by atoms with Crippen molar-refractivity contribution in [3.05, 3.63) is 0 Å². The van der Waals surface area contributed by atoms with Gasteiger partial charge in [-0.05, 0) is 6.55 Å². The number of rotatable bonds is 2. The molecule has 0 aromatic heterocycles. The van der Waals surface area contributed by atoms with Crippen LogP contribution in [0.2, 0.25) is 6.55 Å². The third-order valence-corrected chi connectivity index (χ3v) is 2.54. The summed E-state index contributed by atoms with van der Waals surface area (Å²) in [5, 5.41) is 4.43. The van der Waals surface area contributed by atoms with Gasteiger partial charge in [0.15, 0.2) is 9.76 Å². The Bertz CT molecular complexity index is 128. The number of nitrogens with two attached hydrogens (primary N) is 1. The van der Waals surface area contributed by atoms with Crippen molar-refractivity contribution in [1.29, 1.82) is 0 Å². The third-order valence-electron chi connectivity index (χ3n) is 0.282. The summed E-state index contributed by atoms with van der Waals surface area (Å²) in [7, 11) is -4.52. The first kappa shape index (κ1) is 7.09. The molecule has 0 radical (unpaired) electrons. The van der Waals surface area contributed by atoms with Crippen LogP contribution < -0.4 is 5.14 Å². The largest absolute Gasteiger partial charge is 0.322 e. The van der Waals surface area contributed by atoms with Crippen molar-refractivity contribution in [3.63, 3.8) is 0 Å². The van der Waals surface area contributed by atoms with E-state index in [4.69, 9.17) is 0 Å². The lowest BCUT2D eigenvalue weighted by atomic mass is 11.9. The predicted octanol–water partition coefficient (Wildman–Crippen LogP) is -1.66. The Balaban J connectivity index is 3.60. The topological polar surface area (TPSA) is 69.4 Å². The highest BCUT2D eigenvalue weighted by molar-refractivity contribution is 7.85. The van der Waals surface area contributed by atoms with Crippen LogP contribution in [0.1, 0.15) is 0 Å². The maximum atomic E-state index is 9.82. The van der Waals surface area contributed by atoms with Crippen LogP contribution >= 0.6 is 0 Å². The zero-order valence-corrected chi connectivity index (χ0v) is 6.15. The molecular weight excluding hydrogens is 134 g/mol. The lowest BCUT2D eigenvalue weighted by Gasteiger charge is -1.90. The van der Waals surface area contributed by atoms with Gasteiger partial charge >= 0.3 is 10.3 Å². The molecule has 0 amide bonds. The fourth-order valence-corrected chi connectivity index (χ4v) is 1.48. The monoisotopic (exact) mass is 141 g/mol. The van der Waals surface area contributed by atoms with Crippen molar-refractivity contribution < 1.29 is 12.3 Å². The molecule has 0 aromatic carbocycles. The molecule has 0 atom stereocenters. The van der Waals surface area contributed by atoms with Crippen LogP contribution in [0.15, 0.2) is 0 Å². The molecule has 2 N–H and O–H groups in total. The predicted molar refractivity (Wildman–Crippen MR) is 28.6 cm³/mol. The van der Waals surface area contributed by atoms with Gasteiger partial charge in [-0.2, -0.15) is 8.42 Å². The Kier molecular flexibility index (Phi) is 2.44. The molecule has 6 heteroatoms. The fourth-order valence-electron chi connectivity index (χ4n) is 0.164. The van der Waals surface area contributed by atoms with Crippen LogP contribution in [0.3, 0.4) is 0 Å². The minimum Gasteiger partial charge on any atom is -0.312 e. The van der Waals surface area contributed by atoms with E-state index < -0.39 is 20.1 Å². The smallest absolute Gasteiger partial charge is 0.312 e. The highest BCUT2D eigenvalue weighted by Crippen LogP contribution is 1.74. The van der Waals surface area contributed by atoms with Crippen LogP contribution in [-0.4, -0.2) is 18.2 Å². The average Bonchev–Trinajstić information content (AvgIpc) is 1.30. The van der Waals surface area contributed by atoms with Gasteiger partial charge in [0.05, 0.1) is 0 Å². The van der Waals surface area contributed by atoms with Crippen molar-refractivity contribution in [2.24, 2.45) is 5.14 Å². The van der Waals surface area contributed by atoms with Crippen molar-refractivity contribution in [1.82, 2.24) is 0 Å². The summed E-state index contributed by atoms with van der Waals surface area (Å²) >= 11 is 0. The summed E-state index contributed by atoms with van der Waals surface area (Å²) in [4.78, 5) is 0. The van der Waals surface area contributed by atoms with Gasteiger partial charge in [0.2, 0.25) is 0 Å². The second-order valence-electron chi connectivity index (χ2n) is 0.899. The minimum atomic E-state index is -3.61. The van der Waals surface area contributed by atoms with E-state index in [1.165, 1.54) is 0 Å².